The molecule has 0 bridgehead atoms. The molecule has 70 heavy (non-hydrogen) atoms. The van der Waals surface area contributed by atoms with E-state index in [2.05, 4.69) is 38.1 Å². The van der Waals surface area contributed by atoms with Crippen molar-refractivity contribution in [1.29, 1.82) is 0 Å². The summed E-state index contributed by atoms with van der Waals surface area (Å²) in [5, 5.41) is 11.7. The van der Waals surface area contributed by atoms with Crippen LogP contribution in [0.25, 0.3) is 0 Å². The highest BCUT2D eigenvalue weighted by Gasteiger charge is 2.62. The maximum atomic E-state index is 16.3. The van der Waals surface area contributed by atoms with Gasteiger partial charge in [-0.05, 0) is 71.8 Å². The lowest BCUT2D eigenvalue weighted by molar-refractivity contribution is -0.141. The van der Waals surface area contributed by atoms with Gasteiger partial charge in [-0.1, -0.05) is 62.4 Å². The number of imide groups is 1. The number of amides is 5. The molecule has 0 saturated carbocycles. The Kier molecular flexibility index (Phi) is 12.9. The first-order chi connectivity index (χ1) is 33.3. The Labute approximate surface area is 406 Å². The zero-order chi connectivity index (χ0) is 49.9. The van der Waals surface area contributed by atoms with E-state index in [4.69, 9.17) is 21.1 Å². The molecule has 3 saturated heterocycles. The van der Waals surface area contributed by atoms with Gasteiger partial charge in [-0.25, -0.2) is 4.39 Å². The number of rotatable bonds is 8. The highest BCUT2D eigenvalue weighted by molar-refractivity contribution is 6.30. The van der Waals surface area contributed by atoms with Crippen molar-refractivity contribution < 1.29 is 51.0 Å². The van der Waals surface area contributed by atoms with Gasteiger partial charge in [0.25, 0.3) is 11.8 Å². The molecule has 4 aromatic rings. The van der Waals surface area contributed by atoms with Crippen molar-refractivity contribution in [2.45, 2.75) is 94.7 Å². The lowest BCUT2D eigenvalue weighted by atomic mass is 9.63. The molecule has 6 atom stereocenters. The number of hydrogen-bond acceptors (Lipinski definition) is 10. The molecule has 5 amide bonds. The summed E-state index contributed by atoms with van der Waals surface area (Å²) in [6.07, 6.45) is -2.87. The van der Waals surface area contributed by atoms with Gasteiger partial charge in [0.15, 0.2) is 0 Å². The number of benzene rings is 3. The van der Waals surface area contributed by atoms with Crippen molar-refractivity contribution in [3.05, 3.63) is 117 Å². The highest BCUT2D eigenvalue weighted by Crippen LogP contribution is 2.57. The molecule has 0 radical (unpaired) electrons. The molecule has 5 aliphatic rings. The summed E-state index contributed by atoms with van der Waals surface area (Å²) in [5.74, 6) is 2.66. The largest absolute Gasteiger partial charge is 0.495 e. The van der Waals surface area contributed by atoms with Crippen LogP contribution < -0.4 is 26.0 Å². The average Bonchev–Trinajstić information content (AvgIpc) is 3.97. The van der Waals surface area contributed by atoms with Gasteiger partial charge in [-0.3, -0.25) is 34.3 Å². The monoisotopic (exact) mass is 983 g/mol. The van der Waals surface area contributed by atoms with Crippen LogP contribution in [0, 0.1) is 23.1 Å². The summed E-state index contributed by atoms with van der Waals surface area (Å²) in [6.45, 7) is 7.02. The summed E-state index contributed by atoms with van der Waals surface area (Å²) < 4.78 is 69.7. The fourth-order valence-electron chi connectivity index (χ4n) is 10.6. The molecule has 19 heteroatoms. The second kappa shape index (κ2) is 18.6. The number of morpholine rings is 1. The molecule has 0 aliphatic carbocycles. The Morgan fingerprint density at radius 1 is 1.07 bits per heavy atom. The number of aromatic nitrogens is 1. The van der Waals surface area contributed by atoms with E-state index in [0.717, 1.165) is 6.07 Å². The number of ether oxygens (including phenoxy) is 2. The van der Waals surface area contributed by atoms with E-state index in [-0.39, 0.29) is 102 Å². The normalized spacial score (nSPS) is 24.1. The Morgan fingerprint density at radius 2 is 1.86 bits per heavy atom. The Bertz CT molecular complexity index is 2880. The second-order valence-electron chi connectivity index (χ2n) is 19.5. The minimum Gasteiger partial charge on any atom is -0.495 e. The van der Waals surface area contributed by atoms with Gasteiger partial charge in [0.05, 0.1) is 36.6 Å². The first-order valence-corrected chi connectivity index (χ1v) is 23.3. The van der Waals surface area contributed by atoms with Crippen LogP contribution in [0.4, 0.5) is 28.9 Å². The number of anilines is 2. The van der Waals surface area contributed by atoms with Gasteiger partial charge >= 0.3 is 6.18 Å². The number of halogens is 5. The molecule has 3 fully saturated rings. The van der Waals surface area contributed by atoms with Gasteiger partial charge in [0.1, 0.15) is 23.3 Å². The third-order valence-corrected chi connectivity index (χ3v) is 14.1. The van der Waals surface area contributed by atoms with Crippen LogP contribution in [0.1, 0.15) is 101 Å². The van der Waals surface area contributed by atoms with Crippen molar-refractivity contribution >= 4 is 52.5 Å². The predicted molar refractivity (Wildman–Crippen MR) is 250 cm³/mol. The van der Waals surface area contributed by atoms with E-state index < -0.39 is 65.1 Å². The van der Waals surface area contributed by atoms with Crippen molar-refractivity contribution in [2.75, 3.05) is 44.0 Å². The summed E-state index contributed by atoms with van der Waals surface area (Å²) in [4.78, 5) is 73.3. The summed E-state index contributed by atoms with van der Waals surface area (Å²) in [6, 6.07) is 12.8. The number of piperidine rings is 1. The molecular formula is C51H50ClF4N7O7. The van der Waals surface area contributed by atoms with E-state index in [1.54, 1.807) is 41.3 Å². The third-order valence-electron chi connectivity index (χ3n) is 13.8. The Morgan fingerprint density at radius 3 is 2.60 bits per heavy atom. The quantitative estimate of drug-likeness (QED) is 0.0836. The SMILES string of the molecule is COc1cc(C(=O)N2CCO[C@H](CC#Cc3cccc4c3CN([C@H]3CCC(=O)NC3=O)C4=O)C2)ccc1NC(=O)[C@@H]1N[C@@H](CC(C)(C)C)[C@@]2(CNc3cc(C(F)(F)F)ncc32)[C@H]1c1cccc(Cl)c1F. The molecule has 366 valence electrons. The lowest BCUT2D eigenvalue weighted by Gasteiger charge is -2.39. The van der Waals surface area contributed by atoms with Gasteiger partial charge < -0.3 is 35.2 Å². The van der Waals surface area contributed by atoms with E-state index in [1.807, 2.05) is 20.8 Å². The van der Waals surface area contributed by atoms with Gasteiger partial charge in [-0.2, -0.15) is 13.2 Å². The number of hydrogen-bond donors (Lipinski definition) is 4. The fraction of sp³-hybridized carbons (Fsp3) is 0.412. The number of carbonyl (C=O) groups excluding carboxylic acids is 5. The zero-order valence-electron chi connectivity index (χ0n) is 38.7. The number of pyridine rings is 1. The van der Waals surface area contributed by atoms with Crippen LogP contribution >= 0.6 is 11.6 Å². The van der Waals surface area contributed by atoms with Crippen LogP contribution in [-0.2, 0) is 37.3 Å². The first-order valence-electron chi connectivity index (χ1n) is 22.9. The van der Waals surface area contributed by atoms with Crippen LogP contribution in [0.3, 0.4) is 0 Å². The second-order valence-corrected chi connectivity index (χ2v) is 19.9. The number of methoxy groups -OCH3 is 1. The molecule has 4 N–H and O–H groups in total. The number of nitrogens with one attached hydrogen (secondary N) is 4. The third kappa shape index (κ3) is 9.06. The van der Waals surface area contributed by atoms with Crippen molar-refractivity contribution in [3.63, 3.8) is 0 Å². The number of alkyl halides is 3. The Balaban J connectivity index is 0.924. The first kappa shape index (κ1) is 48.5. The van der Waals surface area contributed by atoms with Gasteiger partial charge in [0, 0.05) is 90.5 Å². The smallest absolute Gasteiger partial charge is 0.433 e. The van der Waals surface area contributed by atoms with Crippen LogP contribution in [-0.4, -0.2) is 102 Å². The van der Waals surface area contributed by atoms with E-state index in [1.165, 1.54) is 36.4 Å². The maximum absolute atomic E-state index is 16.3. The minimum atomic E-state index is -4.71. The van der Waals surface area contributed by atoms with E-state index >= 15 is 4.39 Å². The molecule has 9 rings (SSSR count). The standard InChI is InChI=1S/C51H50ClF4N7O7/c1-49(2,3)22-40-50(26-58-36-21-39(51(54,55)56)57-23-33(36)50)42(31-12-7-13-34(52)43(31)53)44(60-40)46(66)59-35-15-14-28(20-38(35)69-4)47(67)62-18-19-70-29(24-62)10-5-8-27-9-6-11-30-32(27)25-63(48(30)68)37-16-17-41(64)61-45(37)65/h6-7,9,11-15,20-21,23,29,37,40,42,44,58,60H,10,16-19,22,24-26H2,1-4H3,(H,59,66)(H,61,64,65)/t29-,37+,40+,42+,44-,50+/m1/s1. The molecule has 3 aromatic carbocycles. The molecule has 6 heterocycles. The van der Waals surface area contributed by atoms with Crippen molar-refractivity contribution in [2.24, 2.45) is 5.41 Å². The predicted octanol–water partition coefficient (Wildman–Crippen LogP) is 6.81. The van der Waals surface area contributed by atoms with Gasteiger partial charge in [0.2, 0.25) is 17.7 Å². The average molecular weight is 984 g/mol. The van der Waals surface area contributed by atoms with Crippen molar-refractivity contribution in [3.8, 4) is 17.6 Å². The topological polar surface area (TPSA) is 171 Å². The fourth-order valence-corrected chi connectivity index (χ4v) is 10.8. The molecule has 14 nitrogen and oxygen atoms in total. The zero-order valence-corrected chi connectivity index (χ0v) is 39.4. The minimum absolute atomic E-state index is 0.0680. The molecule has 1 spiro atoms. The van der Waals surface area contributed by atoms with E-state index in [0.29, 0.717) is 35.2 Å². The van der Waals surface area contributed by atoms with E-state index in [9.17, 15) is 37.1 Å². The van der Waals surface area contributed by atoms with Crippen LogP contribution in [0.2, 0.25) is 5.02 Å². The maximum Gasteiger partial charge on any atom is 0.433 e. The number of fused-ring (bicyclic) bond motifs is 3. The molecule has 5 aliphatic heterocycles. The number of nitrogens with zero attached hydrogens (tertiary/aromatic N) is 3. The molecule has 1 aromatic heterocycles. The van der Waals surface area contributed by atoms with Crippen LogP contribution in [0.15, 0.2) is 66.9 Å². The number of carbonyl (C=O) groups is 5. The van der Waals surface area contributed by atoms with Crippen LogP contribution in [0.5, 0.6) is 5.75 Å². The summed E-state index contributed by atoms with van der Waals surface area (Å²) in [7, 11) is 1.39. The summed E-state index contributed by atoms with van der Waals surface area (Å²) >= 11 is 6.36. The molecule has 0 unspecified atom stereocenters. The highest BCUT2D eigenvalue weighted by atomic mass is 35.5. The molecular weight excluding hydrogens is 934 g/mol. The summed E-state index contributed by atoms with van der Waals surface area (Å²) in [5.41, 5.74) is 0.363. The lowest BCUT2D eigenvalue weighted by Crippen LogP contribution is -2.52. The Hall–Kier alpha value is -6.55. The van der Waals surface area contributed by atoms with Crippen molar-refractivity contribution in [1.82, 2.24) is 25.4 Å². The van der Waals surface area contributed by atoms with Gasteiger partial charge in [-0.15, -0.1) is 0 Å².